The van der Waals surface area contributed by atoms with Crippen molar-refractivity contribution < 1.29 is 19.5 Å². The summed E-state index contributed by atoms with van der Waals surface area (Å²) in [6.07, 6.45) is 3.46. The van der Waals surface area contributed by atoms with Crippen LogP contribution in [-0.2, 0) is 20.9 Å². The van der Waals surface area contributed by atoms with Crippen molar-refractivity contribution in [1.82, 2.24) is 9.78 Å². The van der Waals surface area contributed by atoms with Gasteiger partial charge in [0.05, 0.1) is 17.3 Å². The zero-order valence-electron chi connectivity index (χ0n) is 12.1. The van der Waals surface area contributed by atoms with E-state index in [0.29, 0.717) is 18.5 Å². The van der Waals surface area contributed by atoms with Gasteiger partial charge in [-0.05, 0) is 12.8 Å². The van der Waals surface area contributed by atoms with Crippen molar-refractivity contribution in [2.24, 2.45) is 11.1 Å². The van der Waals surface area contributed by atoms with Gasteiger partial charge in [0.2, 0.25) is 11.8 Å². The van der Waals surface area contributed by atoms with E-state index in [1.807, 2.05) is 0 Å². The predicted octanol–water partition coefficient (Wildman–Crippen LogP) is 0.588. The molecule has 0 spiro atoms. The van der Waals surface area contributed by atoms with Gasteiger partial charge in [0, 0.05) is 12.6 Å². The second kappa shape index (κ2) is 6.87. The van der Waals surface area contributed by atoms with Gasteiger partial charge >= 0.3 is 5.97 Å². The first-order valence-electron chi connectivity index (χ1n) is 6.67. The van der Waals surface area contributed by atoms with Crippen LogP contribution in [0.1, 0.15) is 33.1 Å². The summed E-state index contributed by atoms with van der Waals surface area (Å²) in [7, 11) is 0. The Bertz CT molecular complexity index is 534. The Labute approximate surface area is 122 Å². The van der Waals surface area contributed by atoms with Gasteiger partial charge in [-0.25, -0.2) is 0 Å². The number of rotatable bonds is 8. The number of aliphatic carboxylic acids is 1. The lowest BCUT2D eigenvalue weighted by Crippen LogP contribution is -2.34. The lowest BCUT2D eigenvalue weighted by Gasteiger charge is -2.25. The van der Waals surface area contributed by atoms with E-state index in [4.69, 9.17) is 5.73 Å². The zero-order chi connectivity index (χ0) is 16.0. The van der Waals surface area contributed by atoms with Crippen molar-refractivity contribution in [2.75, 3.05) is 5.32 Å². The van der Waals surface area contributed by atoms with Crippen LogP contribution in [0.3, 0.4) is 0 Å². The highest BCUT2D eigenvalue weighted by atomic mass is 16.4. The molecule has 1 aromatic rings. The van der Waals surface area contributed by atoms with Crippen LogP contribution in [-0.4, -0.2) is 32.7 Å². The van der Waals surface area contributed by atoms with Gasteiger partial charge in [0.15, 0.2) is 0 Å². The molecule has 1 aromatic heterocycles. The number of carboxylic acid groups (broad SMARTS) is 1. The van der Waals surface area contributed by atoms with Gasteiger partial charge in [0.25, 0.3) is 0 Å². The molecule has 8 heteroatoms. The van der Waals surface area contributed by atoms with Crippen molar-refractivity contribution in [3.63, 3.8) is 0 Å². The van der Waals surface area contributed by atoms with Gasteiger partial charge in [0.1, 0.15) is 6.54 Å². The fourth-order valence-electron chi connectivity index (χ4n) is 2.06. The van der Waals surface area contributed by atoms with Crippen LogP contribution in [0.4, 0.5) is 5.69 Å². The van der Waals surface area contributed by atoms with Crippen LogP contribution < -0.4 is 11.1 Å². The third-order valence-corrected chi connectivity index (χ3v) is 3.54. The molecule has 0 aromatic carbocycles. The first-order chi connectivity index (χ1) is 9.82. The molecule has 4 N–H and O–H groups in total. The molecule has 0 aliphatic carbocycles. The average Bonchev–Trinajstić information content (AvgIpc) is 2.81. The molecule has 0 unspecified atom stereocenters. The molecule has 0 saturated heterocycles. The first-order valence-corrected chi connectivity index (χ1v) is 6.67. The molecule has 0 radical (unpaired) electrons. The van der Waals surface area contributed by atoms with Gasteiger partial charge in [-0.1, -0.05) is 13.8 Å². The van der Waals surface area contributed by atoms with E-state index in [0.717, 1.165) is 0 Å². The van der Waals surface area contributed by atoms with E-state index >= 15 is 0 Å². The van der Waals surface area contributed by atoms with Crippen LogP contribution in [0.2, 0.25) is 0 Å². The van der Waals surface area contributed by atoms with Crippen molar-refractivity contribution >= 4 is 23.5 Å². The molecule has 2 amide bonds. The number of nitrogens with zero attached hydrogens (tertiary/aromatic N) is 2. The minimum absolute atomic E-state index is 0.0845. The zero-order valence-corrected chi connectivity index (χ0v) is 12.1. The quantitative estimate of drug-likeness (QED) is 0.647. The third-order valence-electron chi connectivity index (χ3n) is 3.54. The van der Waals surface area contributed by atoms with E-state index in [1.54, 1.807) is 13.8 Å². The van der Waals surface area contributed by atoms with Crippen molar-refractivity contribution in [2.45, 2.75) is 39.7 Å². The number of carbonyl (C=O) groups is 3. The number of nitrogens with one attached hydrogen (secondary N) is 1. The topological polar surface area (TPSA) is 127 Å². The van der Waals surface area contributed by atoms with E-state index < -0.39 is 23.2 Å². The second-order valence-corrected chi connectivity index (χ2v) is 4.91. The van der Waals surface area contributed by atoms with Gasteiger partial charge in [-0.3, -0.25) is 19.1 Å². The summed E-state index contributed by atoms with van der Waals surface area (Å²) in [6, 6.07) is 0. The maximum Gasteiger partial charge on any atom is 0.310 e. The summed E-state index contributed by atoms with van der Waals surface area (Å²) in [5, 5.41) is 15.7. The molecule has 0 aliphatic heterocycles. The number of amides is 2. The van der Waals surface area contributed by atoms with Crippen LogP contribution in [0.5, 0.6) is 0 Å². The highest BCUT2D eigenvalue weighted by molar-refractivity contribution is 5.94. The van der Waals surface area contributed by atoms with Crippen LogP contribution in [0.15, 0.2) is 12.4 Å². The van der Waals surface area contributed by atoms with Crippen LogP contribution in [0.25, 0.3) is 0 Å². The summed E-state index contributed by atoms with van der Waals surface area (Å²) in [5.41, 5.74) is 4.37. The molecule has 21 heavy (non-hydrogen) atoms. The van der Waals surface area contributed by atoms with Crippen molar-refractivity contribution in [3.8, 4) is 0 Å². The third kappa shape index (κ3) is 4.30. The van der Waals surface area contributed by atoms with Gasteiger partial charge in [-0.15, -0.1) is 0 Å². The molecular formula is C13H20N4O4. The van der Waals surface area contributed by atoms with E-state index in [2.05, 4.69) is 10.4 Å². The molecule has 1 heterocycles. The fourth-order valence-corrected chi connectivity index (χ4v) is 2.06. The lowest BCUT2D eigenvalue weighted by atomic mass is 9.79. The Morgan fingerprint density at radius 1 is 1.38 bits per heavy atom. The summed E-state index contributed by atoms with van der Waals surface area (Å²) in [5.74, 6) is -1.93. The number of carboxylic acids is 1. The minimum Gasteiger partial charge on any atom is -0.481 e. The number of carbonyl (C=O) groups excluding carboxylic acids is 2. The lowest BCUT2D eigenvalue weighted by molar-refractivity contribution is -0.151. The number of hydrogen-bond donors (Lipinski definition) is 3. The highest BCUT2D eigenvalue weighted by Gasteiger charge is 2.37. The summed E-state index contributed by atoms with van der Waals surface area (Å²) >= 11 is 0. The molecule has 0 atom stereocenters. The average molecular weight is 296 g/mol. The molecular weight excluding hydrogens is 276 g/mol. The van der Waals surface area contributed by atoms with E-state index in [9.17, 15) is 19.5 Å². The molecule has 1 rings (SSSR count). The summed E-state index contributed by atoms with van der Waals surface area (Å²) < 4.78 is 1.29. The number of anilines is 1. The Kier molecular flexibility index (Phi) is 5.45. The van der Waals surface area contributed by atoms with Crippen molar-refractivity contribution in [3.05, 3.63) is 12.4 Å². The number of aromatic nitrogens is 2. The maximum absolute atomic E-state index is 12.0. The summed E-state index contributed by atoms with van der Waals surface area (Å²) in [4.78, 5) is 34.1. The van der Waals surface area contributed by atoms with Crippen LogP contribution in [0, 0.1) is 5.41 Å². The highest BCUT2D eigenvalue weighted by Crippen LogP contribution is 2.31. The Balaban J connectivity index is 2.70. The Hall–Kier alpha value is -2.38. The Morgan fingerprint density at radius 2 is 2.00 bits per heavy atom. The second-order valence-electron chi connectivity index (χ2n) is 4.91. The first kappa shape index (κ1) is 16.7. The standard InChI is InChI=1S/C13H20N4O4/c1-3-13(4-2,12(20)21)5-11(19)16-9-6-15-17(7-9)8-10(14)18/h6-7H,3-5,8H2,1-2H3,(H2,14,18)(H,16,19)(H,20,21). The maximum atomic E-state index is 12.0. The molecule has 0 saturated carbocycles. The molecule has 0 aliphatic rings. The summed E-state index contributed by atoms with van der Waals surface area (Å²) in [6.45, 7) is 3.41. The van der Waals surface area contributed by atoms with Gasteiger partial charge in [-0.2, -0.15) is 5.10 Å². The van der Waals surface area contributed by atoms with Gasteiger partial charge < -0.3 is 16.2 Å². The van der Waals surface area contributed by atoms with Crippen molar-refractivity contribution in [1.29, 1.82) is 0 Å². The number of hydrogen-bond acceptors (Lipinski definition) is 4. The largest absolute Gasteiger partial charge is 0.481 e. The number of nitrogens with two attached hydrogens (primary N) is 1. The normalized spacial score (nSPS) is 11.1. The van der Waals surface area contributed by atoms with Crippen LogP contribution >= 0.6 is 0 Å². The fraction of sp³-hybridized carbons (Fsp3) is 0.538. The minimum atomic E-state index is -1.06. The molecule has 8 nitrogen and oxygen atoms in total. The molecule has 116 valence electrons. The predicted molar refractivity (Wildman–Crippen MR) is 75.3 cm³/mol. The van der Waals surface area contributed by atoms with E-state index in [-0.39, 0.29) is 13.0 Å². The monoisotopic (exact) mass is 296 g/mol. The number of primary amides is 1. The van der Waals surface area contributed by atoms with E-state index in [1.165, 1.54) is 17.1 Å². The molecule has 0 bridgehead atoms. The smallest absolute Gasteiger partial charge is 0.310 e. The Morgan fingerprint density at radius 3 is 2.48 bits per heavy atom. The molecule has 0 fully saturated rings. The SMILES string of the molecule is CCC(CC)(CC(=O)Nc1cnn(CC(N)=O)c1)C(=O)O.